The van der Waals surface area contributed by atoms with Gasteiger partial charge in [-0.05, 0) is 56.0 Å². The molecule has 1 fully saturated rings. The highest BCUT2D eigenvalue weighted by Gasteiger charge is 2.32. The van der Waals surface area contributed by atoms with Crippen molar-refractivity contribution in [2.45, 2.75) is 51.7 Å². The highest BCUT2D eigenvalue weighted by atomic mass is 32.1. The fraction of sp³-hybridized carbons (Fsp3) is 0.500. The molecule has 1 aliphatic rings. The molecule has 1 aliphatic heterocycles. The lowest BCUT2D eigenvalue weighted by Gasteiger charge is -2.28. The van der Waals surface area contributed by atoms with Crippen LogP contribution in [0.5, 0.6) is 0 Å². The quantitative estimate of drug-likeness (QED) is 0.881. The smallest absolute Gasteiger partial charge is 0.410 e. The van der Waals surface area contributed by atoms with Crippen LogP contribution in [0.3, 0.4) is 0 Å². The molecule has 2 heterocycles. The summed E-state index contributed by atoms with van der Waals surface area (Å²) in [7, 11) is 0. The summed E-state index contributed by atoms with van der Waals surface area (Å²) in [6, 6.07) is 8.13. The van der Waals surface area contributed by atoms with E-state index in [0.717, 1.165) is 23.8 Å². The van der Waals surface area contributed by atoms with Crippen molar-refractivity contribution in [1.29, 1.82) is 0 Å². The van der Waals surface area contributed by atoms with Gasteiger partial charge in [-0.2, -0.15) is 0 Å². The Balaban J connectivity index is 1.54. The highest BCUT2D eigenvalue weighted by molar-refractivity contribution is 7.17. The minimum atomic E-state index is -0.506. The predicted octanol–water partition coefficient (Wildman–Crippen LogP) is 3.96. The van der Waals surface area contributed by atoms with Gasteiger partial charge >= 0.3 is 6.09 Å². The first-order valence-electron chi connectivity index (χ1n) is 9.05. The van der Waals surface area contributed by atoms with Crippen LogP contribution in [0.15, 0.2) is 29.6 Å². The summed E-state index contributed by atoms with van der Waals surface area (Å²) < 4.78 is 6.66. The Morgan fingerprint density at radius 1 is 1.31 bits per heavy atom. The molecule has 5 nitrogen and oxygen atoms in total. The second kappa shape index (κ2) is 7.66. The molecule has 1 aromatic carbocycles. The minimum absolute atomic E-state index is 0.00742. The van der Waals surface area contributed by atoms with Gasteiger partial charge in [0.1, 0.15) is 5.60 Å². The van der Waals surface area contributed by atoms with Crippen molar-refractivity contribution in [3.05, 3.63) is 35.2 Å². The highest BCUT2D eigenvalue weighted by Crippen LogP contribution is 2.26. The number of fused-ring (bicyclic) bond motifs is 1. The number of hydrogen-bond acceptors (Lipinski definition) is 4. The van der Waals surface area contributed by atoms with E-state index < -0.39 is 5.60 Å². The van der Waals surface area contributed by atoms with E-state index in [1.54, 1.807) is 16.2 Å². The number of ether oxygens (including phenoxy) is 1. The van der Waals surface area contributed by atoms with E-state index in [2.05, 4.69) is 17.4 Å². The van der Waals surface area contributed by atoms with Crippen LogP contribution in [-0.4, -0.2) is 41.6 Å². The molecule has 1 atom stereocenters. The number of nitrogens with zero attached hydrogens (tertiary/aromatic N) is 1. The normalized spacial score (nSPS) is 17.5. The molecule has 3 rings (SSSR count). The first kappa shape index (κ1) is 18.7. The van der Waals surface area contributed by atoms with Gasteiger partial charge in [0, 0.05) is 17.8 Å². The van der Waals surface area contributed by atoms with Crippen LogP contribution in [0, 0.1) is 0 Å². The molecule has 1 saturated heterocycles. The van der Waals surface area contributed by atoms with E-state index in [9.17, 15) is 9.59 Å². The Labute approximate surface area is 158 Å². The third-order valence-corrected chi connectivity index (χ3v) is 5.46. The van der Waals surface area contributed by atoms with Crippen molar-refractivity contribution >= 4 is 33.4 Å². The van der Waals surface area contributed by atoms with Crippen LogP contribution in [0.1, 0.15) is 39.2 Å². The van der Waals surface area contributed by atoms with E-state index in [4.69, 9.17) is 4.74 Å². The number of nitrogens with one attached hydrogen (secondary N) is 1. The Morgan fingerprint density at radius 2 is 2.08 bits per heavy atom. The molecule has 2 amide bonds. The largest absolute Gasteiger partial charge is 0.444 e. The molecule has 0 unspecified atom stereocenters. The zero-order chi connectivity index (χ0) is 18.7. The van der Waals surface area contributed by atoms with Gasteiger partial charge in [-0.3, -0.25) is 4.79 Å². The van der Waals surface area contributed by atoms with Gasteiger partial charge in [-0.1, -0.05) is 18.2 Å². The maximum absolute atomic E-state index is 12.4. The fourth-order valence-electron chi connectivity index (χ4n) is 3.25. The Morgan fingerprint density at radius 3 is 2.85 bits per heavy atom. The summed E-state index contributed by atoms with van der Waals surface area (Å²) in [4.78, 5) is 26.4. The van der Waals surface area contributed by atoms with Crippen LogP contribution in [0.2, 0.25) is 0 Å². The Hall–Kier alpha value is -2.08. The van der Waals surface area contributed by atoms with Crippen LogP contribution >= 0.6 is 11.3 Å². The molecule has 0 aliphatic carbocycles. The average molecular weight is 375 g/mol. The van der Waals surface area contributed by atoms with E-state index in [-0.39, 0.29) is 18.0 Å². The molecule has 0 spiro atoms. The van der Waals surface area contributed by atoms with Crippen molar-refractivity contribution in [3.63, 3.8) is 0 Å². The first-order valence-corrected chi connectivity index (χ1v) is 9.93. The van der Waals surface area contributed by atoms with Gasteiger partial charge in [-0.25, -0.2) is 4.79 Å². The summed E-state index contributed by atoms with van der Waals surface area (Å²) in [5.74, 6) is -0.00964. The summed E-state index contributed by atoms with van der Waals surface area (Å²) >= 11 is 1.66. The van der Waals surface area contributed by atoms with Gasteiger partial charge < -0.3 is 15.0 Å². The third kappa shape index (κ3) is 4.55. The Bertz CT molecular complexity index is 794. The number of carbonyl (C=O) groups excluding carboxylic acids is 2. The molecular weight excluding hydrogens is 348 g/mol. The molecule has 1 N–H and O–H groups in total. The minimum Gasteiger partial charge on any atom is -0.444 e. The number of carbonyl (C=O) groups is 2. The van der Waals surface area contributed by atoms with Crippen LogP contribution < -0.4 is 5.32 Å². The van der Waals surface area contributed by atoms with E-state index in [1.807, 2.05) is 38.3 Å². The maximum Gasteiger partial charge on any atom is 0.410 e. The number of amides is 2. The van der Waals surface area contributed by atoms with E-state index in [1.165, 1.54) is 4.70 Å². The number of likely N-dealkylation sites (tertiary alicyclic amines) is 1. The number of rotatable bonds is 4. The molecular formula is C20H26N2O3S. The van der Waals surface area contributed by atoms with Gasteiger partial charge in [0.25, 0.3) is 0 Å². The lowest BCUT2D eigenvalue weighted by Crippen LogP contribution is -2.45. The summed E-state index contributed by atoms with van der Waals surface area (Å²) in [6.07, 6.45) is 1.90. The maximum atomic E-state index is 12.4. The number of benzene rings is 1. The third-order valence-electron chi connectivity index (χ3n) is 4.45. The molecule has 1 aromatic heterocycles. The summed E-state index contributed by atoms with van der Waals surface area (Å²) in [5, 5.41) is 6.18. The standard InChI is InChI=1S/C20H26N2O3S/c1-20(2,3)25-19(24)22-10-6-7-15(22)12-21-18(23)11-14-13-26-17-9-5-4-8-16(14)17/h4-5,8-9,13,15H,6-7,10-12H2,1-3H3,(H,21,23)/t15-/m1/s1. The molecule has 6 heteroatoms. The molecule has 0 bridgehead atoms. The predicted molar refractivity (Wildman–Crippen MR) is 105 cm³/mol. The summed E-state index contributed by atoms with van der Waals surface area (Å²) in [5.41, 5.74) is 0.548. The lowest BCUT2D eigenvalue weighted by atomic mass is 10.1. The van der Waals surface area contributed by atoms with E-state index in [0.29, 0.717) is 19.5 Å². The van der Waals surface area contributed by atoms with Crippen molar-refractivity contribution in [1.82, 2.24) is 10.2 Å². The monoisotopic (exact) mass is 374 g/mol. The van der Waals surface area contributed by atoms with Crippen LogP contribution in [-0.2, 0) is 16.0 Å². The molecule has 0 saturated carbocycles. The van der Waals surface area contributed by atoms with Crippen molar-refractivity contribution < 1.29 is 14.3 Å². The topological polar surface area (TPSA) is 58.6 Å². The van der Waals surface area contributed by atoms with Gasteiger partial charge in [0.2, 0.25) is 5.91 Å². The fourth-order valence-corrected chi connectivity index (χ4v) is 4.21. The molecule has 0 radical (unpaired) electrons. The SMILES string of the molecule is CC(C)(C)OC(=O)N1CCC[C@@H]1CNC(=O)Cc1csc2ccccc12. The zero-order valence-corrected chi connectivity index (χ0v) is 16.4. The van der Waals surface area contributed by atoms with E-state index >= 15 is 0 Å². The molecule has 2 aromatic rings. The molecule has 140 valence electrons. The van der Waals surface area contributed by atoms with Gasteiger partial charge in [0.15, 0.2) is 0 Å². The van der Waals surface area contributed by atoms with Crippen LogP contribution in [0.4, 0.5) is 4.79 Å². The van der Waals surface area contributed by atoms with Crippen molar-refractivity contribution in [3.8, 4) is 0 Å². The first-order chi connectivity index (χ1) is 12.3. The lowest BCUT2D eigenvalue weighted by molar-refractivity contribution is -0.120. The van der Waals surface area contributed by atoms with Crippen molar-refractivity contribution in [2.24, 2.45) is 0 Å². The summed E-state index contributed by atoms with van der Waals surface area (Å²) in [6.45, 7) is 6.75. The number of hydrogen-bond donors (Lipinski definition) is 1. The van der Waals surface area contributed by atoms with Gasteiger partial charge in [-0.15, -0.1) is 11.3 Å². The van der Waals surface area contributed by atoms with Gasteiger partial charge in [0.05, 0.1) is 12.5 Å². The average Bonchev–Trinajstić information content (AvgIpc) is 3.19. The molecule has 26 heavy (non-hydrogen) atoms. The van der Waals surface area contributed by atoms with Crippen molar-refractivity contribution in [2.75, 3.05) is 13.1 Å². The second-order valence-corrected chi connectivity index (χ2v) is 8.62. The number of thiophene rings is 1. The van der Waals surface area contributed by atoms with Crippen LogP contribution in [0.25, 0.3) is 10.1 Å². The Kier molecular flexibility index (Phi) is 5.51. The zero-order valence-electron chi connectivity index (χ0n) is 15.6. The second-order valence-electron chi connectivity index (χ2n) is 7.71.